The molecule has 14 heteroatoms. The molecular formula is C23H19F3N4O7. The maximum Gasteiger partial charge on any atom is 0.416 e. The summed E-state index contributed by atoms with van der Waals surface area (Å²) in [5.41, 5.74) is -4.65. The summed E-state index contributed by atoms with van der Waals surface area (Å²) in [5.74, 6) is -6.58. The van der Waals surface area contributed by atoms with Crippen LogP contribution < -0.4 is 16.2 Å². The lowest BCUT2D eigenvalue weighted by Gasteiger charge is -2.18. The number of hydrogen-bond acceptors (Lipinski definition) is 7. The van der Waals surface area contributed by atoms with Crippen LogP contribution in [0.2, 0.25) is 0 Å². The van der Waals surface area contributed by atoms with Gasteiger partial charge in [-0.3, -0.25) is 28.7 Å². The molecule has 194 valence electrons. The van der Waals surface area contributed by atoms with Gasteiger partial charge in [-0.05, 0) is 29.3 Å². The van der Waals surface area contributed by atoms with Crippen LogP contribution in [0.3, 0.4) is 0 Å². The summed E-state index contributed by atoms with van der Waals surface area (Å²) in [5, 5.41) is 34.3. The first-order valence-electron chi connectivity index (χ1n) is 10.4. The zero-order valence-electron chi connectivity index (χ0n) is 18.7. The minimum atomic E-state index is -4.83. The molecule has 5 N–H and O–H groups in total. The minimum Gasteiger partial charge on any atom is -0.506 e. The number of carboxylic acid groups (broad SMARTS) is 1. The van der Waals surface area contributed by atoms with Gasteiger partial charge in [-0.2, -0.15) is 13.2 Å². The molecule has 0 saturated carbocycles. The van der Waals surface area contributed by atoms with Crippen LogP contribution in [0.5, 0.6) is 11.6 Å². The highest BCUT2D eigenvalue weighted by Crippen LogP contribution is 2.34. The number of hydrogen-bond donors (Lipinski definition) is 5. The van der Waals surface area contributed by atoms with Crippen molar-refractivity contribution in [2.45, 2.75) is 19.3 Å². The first-order valence-corrected chi connectivity index (χ1v) is 10.4. The Hall–Kier alpha value is -4.88. The SMILES string of the molecule is O=C(O)CNC(=O)c1c(O)c(C(=O)NCc2ccncc2)c(O)n(Cc2ccccc2C(F)(F)F)c1=O. The molecule has 11 nitrogen and oxygen atoms in total. The number of alkyl halides is 3. The van der Waals surface area contributed by atoms with Gasteiger partial charge in [0.15, 0.2) is 5.75 Å². The fourth-order valence-electron chi connectivity index (χ4n) is 3.38. The van der Waals surface area contributed by atoms with Gasteiger partial charge in [0.1, 0.15) is 17.7 Å². The van der Waals surface area contributed by atoms with E-state index in [9.17, 15) is 42.6 Å². The molecule has 0 unspecified atom stereocenters. The van der Waals surface area contributed by atoms with Gasteiger partial charge in [-0.25, -0.2) is 0 Å². The third-order valence-corrected chi connectivity index (χ3v) is 5.12. The number of carboxylic acids is 1. The number of benzene rings is 1. The van der Waals surface area contributed by atoms with E-state index in [-0.39, 0.29) is 6.54 Å². The summed E-state index contributed by atoms with van der Waals surface area (Å²) in [4.78, 5) is 53.1. The summed E-state index contributed by atoms with van der Waals surface area (Å²) >= 11 is 0. The fourth-order valence-corrected chi connectivity index (χ4v) is 3.38. The number of aromatic nitrogens is 2. The summed E-state index contributed by atoms with van der Waals surface area (Å²) in [7, 11) is 0. The van der Waals surface area contributed by atoms with Crippen molar-refractivity contribution < 1.29 is 42.9 Å². The van der Waals surface area contributed by atoms with Crippen LogP contribution in [0, 0.1) is 0 Å². The minimum absolute atomic E-state index is 0.142. The van der Waals surface area contributed by atoms with Crippen molar-refractivity contribution in [3.05, 3.63) is 87.0 Å². The quantitative estimate of drug-likeness (QED) is 0.297. The van der Waals surface area contributed by atoms with E-state index in [1.54, 1.807) is 12.1 Å². The molecule has 3 aromatic rings. The molecule has 0 fully saturated rings. The second-order valence-electron chi connectivity index (χ2n) is 7.58. The third kappa shape index (κ3) is 6.04. The van der Waals surface area contributed by atoms with Gasteiger partial charge in [0.25, 0.3) is 17.4 Å². The standard InChI is InChI=1S/C23H19F3N4O7/c24-23(25,26)14-4-2-1-3-13(14)11-30-21(36)16(19(34)28-9-12-5-7-27-8-6-12)18(33)17(22(30)37)20(35)29-10-15(31)32/h1-8,33,36H,9-11H2,(H,28,34)(H,29,35)(H,31,32). The van der Waals surface area contributed by atoms with Crippen molar-refractivity contribution in [2.75, 3.05) is 6.54 Å². The van der Waals surface area contributed by atoms with Crippen LogP contribution in [-0.4, -0.2) is 49.2 Å². The molecule has 0 aliphatic carbocycles. The van der Waals surface area contributed by atoms with E-state index in [0.29, 0.717) is 10.1 Å². The average Bonchev–Trinajstić information content (AvgIpc) is 2.84. The second-order valence-corrected chi connectivity index (χ2v) is 7.58. The largest absolute Gasteiger partial charge is 0.506 e. The van der Waals surface area contributed by atoms with E-state index in [1.165, 1.54) is 18.5 Å². The maximum absolute atomic E-state index is 13.5. The Labute approximate surface area is 205 Å². The summed E-state index contributed by atoms with van der Waals surface area (Å²) in [6.07, 6.45) is -1.97. The van der Waals surface area contributed by atoms with Crippen LogP contribution >= 0.6 is 0 Å². The van der Waals surface area contributed by atoms with Gasteiger partial charge in [0.2, 0.25) is 5.88 Å². The van der Waals surface area contributed by atoms with E-state index < -0.39 is 76.5 Å². The molecule has 2 amide bonds. The molecule has 0 atom stereocenters. The Morgan fingerprint density at radius 3 is 2.19 bits per heavy atom. The molecule has 0 spiro atoms. The van der Waals surface area contributed by atoms with E-state index in [0.717, 1.165) is 18.2 Å². The Kier molecular flexibility index (Phi) is 7.80. The molecule has 2 aromatic heterocycles. The van der Waals surface area contributed by atoms with Gasteiger partial charge < -0.3 is 26.0 Å². The van der Waals surface area contributed by atoms with Gasteiger partial charge in [-0.1, -0.05) is 18.2 Å². The molecule has 0 aliphatic heterocycles. The van der Waals surface area contributed by atoms with Gasteiger partial charge in [0.05, 0.1) is 12.1 Å². The number of nitrogens with one attached hydrogen (secondary N) is 2. The number of rotatable bonds is 8. The molecule has 2 heterocycles. The predicted octanol–water partition coefficient (Wildman–Crippen LogP) is 1.47. The third-order valence-electron chi connectivity index (χ3n) is 5.12. The Balaban J connectivity index is 2.14. The van der Waals surface area contributed by atoms with Crippen LogP contribution in [0.15, 0.2) is 53.6 Å². The molecule has 0 radical (unpaired) electrons. The van der Waals surface area contributed by atoms with Crippen molar-refractivity contribution in [2.24, 2.45) is 0 Å². The lowest BCUT2D eigenvalue weighted by Crippen LogP contribution is -2.37. The molecule has 0 saturated heterocycles. The molecule has 1 aromatic carbocycles. The molecular weight excluding hydrogens is 501 g/mol. The number of pyridine rings is 2. The predicted molar refractivity (Wildman–Crippen MR) is 120 cm³/mol. The smallest absolute Gasteiger partial charge is 0.416 e. The topological polar surface area (TPSA) is 171 Å². The lowest BCUT2D eigenvalue weighted by molar-refractivity contribution is -0.138. The van der Waals surface area contributed by atoms with E-state index >= 15 is 0 Å². The summed E-state index contributed by atoms with van der Waals surface area (Å²) in [6.45, 7) is -2.06. The Bertz CT molecular complexity index is 1410. The highest BCUT2D eigenvalue weighted by atomic mass is 19.4. The Morgan fingerprint density at radius 2 is 1.57 bits per heavy atom. The zero-order chi connectivity index (χ0) is 27.3. The summed E-state index contributed by atoms with van der Waals surface area (Å²) < 4.78 is 40.8. The van der Waals surface area contributed by atoms with Gasteiger partial charge >= 0.3 is 12.1 Å². The highest BCUT2D eigenvalue weighted by molar-refractivity contribution is 6.05. The van der Waals surface area contributed by atoms with E-state index in [4.69, 9.17) is 5.11 Å². The van der Waals surface area contributed by atoms with Crippen molar-refractivity contribution in [1.29, 1.82) is 0 Å². The highest BCUT2D eigenvalue weighted by Gasteiger charge is 2.34. The van der Waals surface area contributed by atoms with E-state index in [2.05, 4.69) is 10.3 Å². The van der Waals surface area contributed by atoms with Crippen molar-refractivity contribution in [1.82, 2.24) is 20.2 Å². The first kappa shape index (κ1) is 26.7. The van der Waals surface area contributed by atoms with Gasteiger partial charge in [0, 0.05) is 18.9 Å². The van der Waals surface area contributed by atoms with Crippen molar-refractivity contribution in [3.8, 4) is 11.6 Å². The van der Waals surface area contributed by atoms with Crippen LogP contribution in [0.4, 0.5) is 13.2 Å². The first-order chi connectivity index (χ1) is 17.4. The van der Waals surface area contributed by atoms with Crippen molar-refractivity contribution >= 4 is 17.8 Å². The monoisotopic (exact) mass is 520 g/mol. The number of carbonyl (C=O) groups excluding carboxylic acids is 2. The lowest BCUT2D eigenvalue weighted by atomic mass is 10.1. The molecule has 3 rings (SSSR count). The number of halogens is 3. The number of amides is 2. The number of nitrogens with zero attached hydrogens (tertiary/aromatic N) is 2. The number of carbonyl (C=O) groups is 3. The second kappa shape index (κ2) is 10.8. The number of aliphatic carboxylic acids is 1. The normalized spacial score (nSPS) is 11.1. The van der Waals surface area contributed by atoms with E-state index in [1.807, 2.05) is 5.32 Å². The molecule has 37 heavy (non-hydrogen) atoms. The average molecular weight is 520 g/mol. The fraction of sp³-hybridized carbons (Fsp3) is 0.174. The molecule has 0 bridgehead atoms. The van der Waals surface area contributed by atoms with Crippen molar-refractivity contribution in [3.63, 3.8) is 0 Å². The number of aromatic hydroxyl groups is 2. The zero-order valence-corrected chi connectivity index (χ0v) is 18.7. The van der Waals surface area contributed by atoms with Gasteiger partial charge in [-0.15, -0.1) is 0 Å². The van der Waals surface area contributed by atoms with Crippen LogP contribution in [0.25, 0.3) is 0 Å². The van der Waals surface area contributed by atoms with Crippen LogP contribution in [0.1, 0.15) is 37.4 Å². The Morgan fingerprint density at radius 1 is 0.946 bits per heavy atom. The van der Waals surface area contributed by atoms with Crippen LogP contribution in [-0.2, 0) is 24.1 Å². The summed E-state index contributed by atoms with van der Waals surface area (Å²) in [6, 6.07) is 7.19. The maximum atomic E-state index is 13.5. The molecule has 0 aliphatic rings.